The van der Waals surface area contributed by atoms with E-state index in [4.69, 9.17) is 0 Å². The van der Waals surface area contributed by atoms with Crippen LogP contribution in [0, 0.1) is 0 Å². The van der Waals surface area contributed by atoms with Crippen LogP contribution in [0.2, 0.25) is 0 Å². The molecule has 0 atom stereocenters. The third-order valence-corrected chi connectivity index (χ3v) is 0.167. The van der Waals surface area contributed by atoms with Crippen LogP contribution in [0.4, 0.5) is 0 Å². The van der Waals surface area contributed by atoms with E-state index in [1.165, 1.54) is 0 Å². The maximum atomic E-state index is 3.36. The standard InChI is InChI=1S/C4H6.Fe/c1-3-4-2;/h3-4H,1-2H2;. The molecule has 0 aromatic carbocycles. The Morgan fingerprint density at radius 2 is 1.20 bits per heavy atom. The van der Waals surface area contributed by atoms with Crippen molar-refractivity contribution in [3.63, 3.8) is 0 Å². The zero-order valence-corrected chi connectivity index (χ0v) is 4.03. The molecule has 0 aliphatic heterocycles. The fourth-order valence-electron chi connectivity index (χ4n) is 0. The van der Waals surface area contributed by atoms with Crippen molar-refractivity contribution in [1.29, 1.82) is 0 Å². The van der Waals surface area contributed by atoms with Gasteiger partial charge in [-0.3, -0.25) is 0 Å². The molecular weight excluding hydrogens is 104 g/mol. The molecule has 0 heterocycles. The van der Waals surface area contributed by atoms with Crippen molar-refractivity contribution in [3.05, 3.63) is 25.3 Å². The Balaban J connectivity index is 0. The largest absolute Gasteiger partial charge is 0.0991 e. The summed E-state index contributed by atoms with van der Waals surface area (Å²) in [6.45, 7) is 6.72. The first-order valence-electron chi connectivity index (χ1n) is 1.15. The Labute approximate surface area is 43.1 Å². The van der Waals surface area contributed by atoms with Crippen molar-refractivity contribution in [2.45, 2.75) is 0 Å². The number of hydrogen-bond donors (Lipinski definition) is 0. The van der Waals surface area contributed by atoms with Crippen LogP contribution in [-0.2, 0) is 17.1 Å². The van der Waals surface area contributed by atoms with Crippen LogP contribution in [0.3, 0.4) is 0 Å². The fraction of sp³-hybridized carbons (Fsp3) is 0. The van der Waals surface area contributed by atoms with Gasteiger partial charge in [-0.05, 0) is 0 Å². The van der Waals surface area contributed by atoms with Crippen LogP contribution in [0.25, 0.3) is 0 Å². The third-order valence-electron chi connectivity index (χ3n) is 0.167. The maximum Gasteiger partial charge on any atom is 0 e. The molecule has 0 aliphatic carbocycles. The molecule has 0 nitrogen and oxygen atoms in total. The second-order valence-electron chi connectivity index (χ2n) is 0.471. The summed E-state index contributed by atoms with van der Waals surface area (Å²) in [5.74, 6) is 0. The summed E-state index contributed by atoms with van der Waals surface area (Å²) in [4.78, 5) is 0. The van der Waals surface area contributed by atoms with Gasteiger partial charge in [-0.15, -0.1) is 0 Å². The summed E-state index contributed by atoms with van der Waals surface area (Å²) in [7, 11) is 0. The van der Waals surface area contributed by atoms with E-state index in [1.807, 2.05) is 0 Å². The molecule has 0 spiro atoms. The zero-order valence-electron chi connectivity index (χ0n) is 2.92. The Kier molecular flexibility index (Phi) is 16.0. The van der Waals surface area contributed by atoms with E-state index >= 15 is 0 Å². The Bertz CT molecular complexity index is 24.6. The normalized spacial score (nSPS) is 4.00. The fourth-order valence-corrected chi connectivity index (χ4v) is 0. The quantitative estimate of drug-likeness (QED) is 0.353. The molecule has 0 radical (unpaired) electrons. The predicted molar refractivity (Wildman–Crippen MR) is 20.4 cm³/mol. The molecule has 30 valence electrons. The summed E-state index contributed by atoms with van der Waals surface area (Å²) in [5, 5.41) is 0. The van der Waals surface area contributed by atoms with Crippen molar-refractivity contribution >= 4 is 0 Å². The van der Waals surface area contributed by atoms with Gasteiger partial charge in [0.25, 0.3) is 0 Å². The monoisotopic (exact) mass is 110 g/mol. The van der Waals surface area contributed by atoms with E-state index < -0.39 is 0 Å². The first-order chi connectivity index (χ1) is 1.91. The summed E-state index contributed by atoms with van der Waals surface area (Å²) in [6.07, 6.45) is 3.28. The smallest absolute Gasteiger partial charge is 0 e. The molecule has 0 rings (SSSR count). The summed E-state index contributed by atoms with van der Waals surface area (Å²) in [5.41, 5.74) is 0. The molecule has 0 aromatic heterocycles. The molecule has 0 amide bonds. The van der Waals surface area contributed by atoms with Gasteiger partial charge >= 0.3 is 0 Å². The molecular formula is C4H6Fe. The minimum atomic E-state index is 0. The van der Waals surface area contributed by atoms with Crippen LogP contribution < -0.4 is 0 Å². The number of rotatable bonds is 1. The van der Waals surface area contributed by atoms with Crippen molar-refractivity contribution < 1.29 is 17.1 Å². The topological polar surface area (TPSA) is 0 Å². The van der Waals surface area contributed by atoms with Gasteiger partial charge in [0.15, 0.2) is 0 Å². The molecule has 0 N–H and O–H groups in total. The molecule has 0 aliphatic rings. The molecule has 0 saturated heterocycles. The second kappa shape index (κ2) is 9.00. The van der Waals surface area contributed by atoms with Gasteiger partial charge in [0.1, 0.15) is 0 Å². The molecule has 0 aromatic rings. The molecule has 5 heavy (non-hydrogen) atoms. The summed E-state index contributed by atoms with van der Waals surface area (Å²) in [6, 6.07) is 0. The minimum absolute atomic E-state index is 0. The Morgan fingerprint density at radius 3 is 1.20 bits per heavy atom. The van der Waals surface area contributed by atoms with Crippen molar-refractivity contribution in [1.82, 2.24) is 0 Å². The van der Waals surface area contributed by atoms with Crippen LogP contribution >= 0.6 is 0 Å². The van der Waals surface area contributed by atoms with Gasteiger partial charge in [-0.25, -0.2) is 0 Å². The van der Waals surface area contributed by atoms with E-state index in [2.05, 4.69) is 13.2 Å². The van der Waals surface area contributed by atoms with Crippen LogP contribution in [-0.4, -0.2) is 0 Å². The number of hydrogen-bond acceptors (Lipinski definition) is 0. The van der Waals surface area contributed by atoms with E-state index in [-0.39, 0.29) is 17.1 Å². The number of allylic oxidation sites excluding steroid dienone is 2. The van der Waals surface area contributed by atoms with Crippen molar-refractivity contribution in [2.75, 3.05) is 0 Å². The van der Waals surface area contributed by atoms with Gasteiger partial charge in [-0.1, -0.05) is 25.3 Å². The SMILES string of the molecule is C=CC=C.[Fe]. The maximum absolute atomic E-state index is 3.36. The van der Waals surface area contributed by atoms with Crippen LogP contribution in [0.1, 0.15) is 0 Å². The average Bonchev–Trinajstić information content (AvgIpc) is 1.37. The van der Waals surface area contributed by atoms with Crippen LogP contribution in [0.5, 0.6) is 0 Å². The van der Waals surface area contributed by atoms with E-state index in [9.17, 15) is 0 Å². The van der Waals surface area contributed by atoms with Gasteiger partial charge in [0.2, 0.25) is 0 Å². The van der Waals surface area contributed by atoms with Gasteiger partial charge < -0.3 is 0 Å². The van der Waals surface area contributed by atoms with Crippen LogP contribution in [0.15, 0.2) is 25.3 Å². The Hall–Kier alpha value is -0.000519. The zero-order chi connectivity index (χ0) is 3.41. The molecule has 0 fully saturated rings. The van der Waals surface area contributed by atoms with Crippen molar-refractivity contribution in [3.8, 4) is 0 Å². The first-order valence-corrected chi connectivity index (χ1v) is 1.15. The van der Waals surface area contributed by atoms with E-state index in [0.29, 0.717) is 0 Å². The van der Waals surface area contributed by atoms with Gasteiger partial charge in [0.05, 0.1) is 0 Å². The average molecular weight is 110 g/mol. The molecule has 0 saturated carbocycles. The van der Waals surface area contributed by atoms with Gasteiger partial charge in [0, 0.05) is 17.1 Å². The van der Waals surface area contributed by atoms with E-state index in [1.54, 1.807) is 12.2 Å². The predicted octanol–water partition coefficient (Wildman–Crippen LogP) is 1.36. The minimum Gasteiger partial charge on any atom is -0.0991 e. The van der Waals surface area contributed by atoms with Crippen molar-refractivity contribution in [2.24, 2.45) is 0 Å². The molecule has 0 unspecified atom stereocenters. The summed E-state index contributed by atoms with van der Waals surface area (Å²) < 4.78 is 0. The third kappa shape index (κ3) is 16.0. The summed E-state index contributed by atoms with van der Waals surface area (Å²) >= 11 is 0. The molecule has 0 bridgehead atoms. The first kappa shape index (κ1) is 8.89. The second-order valence-corrected chi connectivity index (χ2v) is 0.471. The van der Waals surface area contributed by atoms with E-state index in [0.717, 1.165) is 0 Å². The Morgan fingerprint density at radius 1 is 1.00 bits per heavy atom. The molecule has 1 heteroatoms. The van der Waals surface area contributed by atoms with Gasteiger partial charge in [-0.2, -0.15) is 0 Å².